The SMILES string of the molecule is CCCCCCCCCCC/C=C/CC/C=C/CC/C=C/C(O)C(COC1OC(CO)C(O)C(O)C1O)NC(=O)CCCCCCCCCCCCCCCCCCCCCCCCCCCCCCCC. The number of amides is 1. The van der Waals surface area contributed by atoms with Gasteiger partial charge in [-0.1, -0.05) is 288 Å². The van der Waals surface area contributed by atoms with Crippen molar-refractivity contribution >= 4 is 5.91 Å². The molecular formula is C63H119NO8. The van der Waals surface area contributed by atoms with E-state index < -0.39 is 49.5 Å². The maximum absolute atomic E-state index is 13.1. The van der Waals surface area contributed by atoms with E-state index in [1.165, 1.54) is 238 Å². The summed E-state index contributed by atoms with van der Waals surface area (Å²) in [5.74, 6) is -0.185. The maximum Gasteiger partial charge on any atom is 0.220 e. The second-order valence-corrected chi connectivity index (χ2v) is 21.8. The lowest BCUT2D eigenvalue weighted by Crippen LogP contribution is -2.60. The molecule has 1 heterocycles. The molecule has 1 aliphatic rings. The van der Waals surface area contributed by atoms with E-state index in [-0.39, 0.29) is 12.5 Å². The molecular weight excluding hydrogens is 899 g/mol. The van der Waals surface area contributed by atoms with Gasteiger partial charge in [0.1, 0.15) is 24.4 Å². The van der Waals surface area contributed by atoms with Gasteiger partial charge in [0, 0.05) is 6.42 Å². The number of hydrogen-bond donors (Lipinski definition) is 6. The molecule has 1 rings (SSSR count). The average Bonchev–Trinajstić information content (AvgIpc) is 3.38. The van der Waals surface area contributed by atoms with Gasteiger partial charge >= 0.3 is 0 Å². The number of nitrogens with one attached hydrogen (secondary N) is 1. The number of allylic oxidation sites excluding steroid dienone is 5. The van der Waals surface area contributed by atoms with Crippen molar-refractivity contribution in [3.63, 3.8) is 0 Å². The molecule has 9 nitrogen and oxygen atoms in total. The second-order valence-electron chi connectivity index (χ2n) is 21.8. The van der Waals surface area contributed by atoms with E-state index in [2.05, 4.69) is 43.5 Å². The van der Waals surface area contributed by atoms with Crippen LogP contribution in [-0.2, 0) is 14.3 Å². The third-order valence-corrected chi connectivity index (χ3v) is 14.9. The number of hydrogen-bond acceptors (Lipinski definition) is 8. The highest BCUT2D eigenvalue weighted by atomic mass is 16.7. The van der Waals surface area contributed by atoms with Crippen LogP contribution in [0.25, 0.3) is 0 Å². The zero-order valence-corrected chi connectivity index (χ0v) is 47.2. The van der Waals surface area contributed by atoms with Crippen LogP contribution >= 0.6 is 0 Å². The van der Waals surface area contributed by atoms with Crippen molar-refractivity contribution in [3.8, 4) is 0 Å². The number of carbonyl (C=O) groups excluding carboxylic acids is 1. The first kappa shape index (κ1) is 68.4. The molecule has 0 radical (unpaired) electrons. The predicted molar refractivity (Wildman–Crippen MR) is 304 cm³/mol. The van der Waals surface area contributed by atoms with E-state index in [0.29, 0.717) is 6.42 Å². The molecule has 1 aliphatic heterocycles. The minimum atomic E-state index is -1.57. The highest BCUT2D eigenvalue weighted by Crippen LogP contribution is 2.23. The van der Waals surface area contributed by atoms with Gasteiger partial charge in [-0.05, 0) is 44.9 Å². The first-order chi connectivity index (χ1) is 35.3. The normalized spacial score (nSPS) is 19.3. The summed E-state index contributed by atoms with van der Waals surface area (Å²) in [5.41, 5.74) is 0. The van der Waals surface area contributed by atoms with Gasteiger partial charge in [-0.15, -0.1) is 0 Å². The summed E-state index contributed by atoms with van der Waals surface area (Å²) < 4.78 is 11.3. The van der Waals surface area contributed by atoms with Gasteiger partial charge in [0.15, 0.2) is 6.29 Å². The van der Waals surface area contributed by atoms with E-state index in [1.54, 1.807) is 6.08 Å². The molecule has 0 aromatic rings. The molecule has 0 aliphatic carbocycles. The zero-order chi connectivity index (χ0) is 52.2. The Hall–Kier alpha value is -1.59. The average molecular weight is 1020 g/mol. The van der Waals surface area contributed by atoms with Gasteiger partial charge in [-0.2, -0.15) is 0 Å². The van der Waals surface area contributed by atoms with Crippen LogP contribution in [0.2, 0.25) is 0 Å². The predicted octanol–water partition coefficient (Wildman–Crippen LogP) is 15.9. The summed E-state index contributed by atoms with van der Waals surface area (Å²) in [5, 5.41) is 54.5. The molecule has 0 bridgehead atoms. The Kier molecular flexibility index (Phi) is 50.2. The van der Waals surface area contributed by atoms with Crippen molar-refractivity contribution in [1.82, 2.24) is 5.32 Å². The Morgan fingerprint density at radius 2 is 0.792 bits per heavy atom. The fraction of sp³-hybridized carbons (Fsp3) is 0.889. The first-order valence-electron chi connectivity index (χ1n) is 31.2. The van der Waals surface area contributed by atoms with Gasteiger partial charge in [0.05, 0.1) is 25.4 Å². The lowest BCUT2D eigenvalue weighted by Gasteiger charge is -2.40. The summed E-state index contributed by atoms with van der Waals surface area (Å²) in [6, 6.07) is -0.826. The highest BCUT2D eigenvalue weighted by Gasteiger charge is 2.44. The summed E-state index contributed by atoms with van der Waals surface area (Å²) in [4.78, 5) is 13.1. The summed E-state index contributed by atoms with van der Waals surface area (Å²) in [6.45, 7) is 3.79. The molecule has 0 spiro atoms. The lowest BCUT2D eigenvalue weighted by atomic mass is 9.99. The Morgan fingerprint density at radius 1 is 0.458 bits per heavy atom. The molecule has 0 aromatic heterocycles. The number of carbonyl (C=O) groups is 1. The number of unbranched alkanes of at least 4 members (excludes halogenated alkanes) is 40. The zero-order valence-electron chi connectivity index (χ0n) is 47.2. The van der Waals surface area contributed by atoms with Crippen LogP contribution in [0, 0.1) is 0 Å². The van der Waals surface area contributed by atoms with Crippen LogP contribution in [0.4, 0.5) is 0 Å². The Labute approximate surface area is 444 Å². The van der Waals surface area contributed by atoms with Crippen LogP contribution in [0.15, 0.2) is 36.5 Å². The van der Waals surface area contributed by atoms with Gasteiger partial charge in [0.2, 0.25) is 5.91 Å². The summed E-state index contributed by atoms with van der Waals surface area (Å²) in [7, 11) is 0. The molecule has 1 saturated heterocycles. The fourth-order valence-corrected chi connectivity index (χ4v) is 10.0. The fourth-order valence-electron chi connectivity index (χ4n) is 10.0. The number of rotatable bonds is 54. The van der Waals surface area contributed by atoms with Crippen LogP contribution in [0.5, 0.6) is 0 Å². The van der Waals surface area contributed by atoms with Crippen molar-refractivity contribution in [3.05, 3.63) is 36.5 Å². The van der Waals surface area contributed by atoms with E-state index in [1.807, 2.05) is 6.08 Å². The number of aliphatic hydroxyl groups excluding tert-OH is 5. The monoisotopic (exact) mass is 1020 g/mol. The van der Waals surface area contributed by atoms with E-state index >= 15 is 0 Å². The standard InChI is InChI=1S/C63H119NO8/c1-3-5-7-9-11-13-15-17-19-21-23-24-25-26-27-28-29-30-31-32-33-35-37-39-41-43-45-47-49-51-53-59(67)64-56(55-71-63-62(70)61(69)60(68)58(54-65)72-63)57(66)52-50-48-46-44-42-40-38-36-34-22-20-18-16-14-12-10-8-6-4-2/h34,36,42,44,50,52,56-58,60-63,65-66,68-70H,3-33,35,37-41,43,45-49,51,53-55H2,1-2H3,(H,64,67)/b36-34+,44-42+,52-50+. The molecule has 9 heteroatoms. The van der Waals surface area contributed by atoms with Crippen LogP contribution in [-0.4, -0.2) is 87.5 Å². The Morgan fingerprint density at radius 3 is 1.17 bits per heavy atom. The van der Waals surface area contributed by atoms with Crippen molar-refractivity contribution in [1.29, 1.82) is 0 Å². The molecule has 6 N–H and O–H groups in total. The van der Waals surface area contributed by atoms with E-state index in [9.17, 15) is 30.3 Å². The van der Waals surface area contributed by atoms with Gasteiger partial charge < -0.3 is 40.3 Å². The van der Waals surface area contributed by atoms with Gasteiger partial charge in [-0.25, -0.2) is 0 Å². The largest absolute Gasteiger partial charge is 0.394 e. The van der Waals surface area contributed by atoms with Crippen LogP contribution in [0.1, 0.15) is 303 Å². The van der Waals surface area contributed by atoms with Gasteiger partial charge in [0.25, 0.3) is 0 Å². The molecule has 0 aromatic carbocycles. The first-order valence-corrected chi connectivity index (χ1v) is 31.2. The number of aliphatic hydroxyl groups is 5. The molecule has 424 valence electrons. The van der Waals surface area contributed by atoms with Crippen molar-refractivity contribution in [2.45, 2.75) is 346 Å². The molecule has 7 atom stereocenters. The summed E-state index contributed by atoms with van der Waals surface area (Å²) >= 11 is 0. The van der Waals surface area contributed by atoms with Crippen molar-refractivity contribution < 1.29 is 39.8 Å². The molecule has 7 unspecified atom stereocenters. The molecule has 72 heavy (non-hydrogen) atoms. The maximum atomic E-state index is 13.1. The Balaban J connectivity index is 2.17. The number of ether oxygens (including phenoxy) is 2. The second kappa shape index (κ2) is 52.8. The summed E-state index contributed by atoms with van der Waals surface area (Å²) in [6.07, 6.45) is 62.4. The molecule has 1 fully saturated rings. The smallest absolute Gasteiger partial charge is 0.220 e. The molecule has 0 saturated carbocycles. The highest BCUT2D eigenvalue weighted by molar-refractivity contribution is 5.76. The van der Waals surface area contributed by atoms with Crippen molar-refractivity contribution in [2.24, 2.45) is 0 Å². The quantitative estimate of drug-likeness (QED) is 0.0261. The van der Waals surface area contributed by atoms with Crippen molar-refractivity contribution in [2.75, 3.05) is 13.2 Å². The lowest BCUT2D eigenvalue weighted by molar-refractivity contribution is -0.302. The molecule has 1 amide bonds. The van der Waals surface area contributed by atoms with Crippen LogP contribution < -0.4 is 5.32 Å². The van der Waals surface area contributed by atoms with E-state index in [4.69, 9.17) is 9.47 Å². The van der Waals surface area contributed by atoms with Gasteiger partial charge in [-0.3, -0.25) is 4.79 Å². The third-order valence-electron chi connectivity index (χ3n) is 14.9. The minimum Gasteiger partial charge on any atom is -0.394 e. The Bertz CT molecular complexity index is 1230. The topological polar surface area (TPSA) is 149 Å². The minimum absolute atomic E-state index is 0.185. The van der Waals surface area contributed by atoms with Crippen LogP contribution in [0.3, 0.4) is 0 Å². The third kappa shape index (κ3) is 41.6. The van der Waals surface area contributed by atoms with E-state index in [0.717, 1.165) is 44.9 Å².